The van der Waals surface area contributed by atoms with E-state index in [4.69, 9.17) is 0 Å². The molecule has 0 aromatic rings. The predicted molar refractivity (Wildman–Crippen MR) is 83.3 cm³/mol. The Kier molecular flexibility index (Phi) is 6.30. The Labute approximate surface area is 124 Å². The van der Waals surface area contributed by atoms with Crippen LogP contribution >= 0.6 is 0 Å². The number of sulfonamides is 1. The summed E-state index contributed by atoms with van der Waals surface area (Å²) in [5.41, 5.74) is 0. The molecule has 2 aliphatic rings. The largest absolute Gasteiger partial charge is 0.314 e. The average Bonchev–Trinajstić information content (AvgIpc) is 2.47. The van der Waals surface area contributed by atoms with Gasteiger partial charge in [0.2, 0.25) is 10.0 Å². The minimum atomic E-state index is -3.03. The average molecular weight is 302 g/mol. The van der Waals surface area contributed by atoms with Crippen LogP contribution in [0.25, 0.3) is 0 Å². The van der Waals surface area contributed by atoms with Crippen molar-refractivity contribution in [3.8, 4) is 0 Å². The third kappa shape index (κ3) is 4.71. The molecule has 20 heavy (non-hydrogen) atoms. The summed E-state index contributed by atoms with van der Waals surface area (Å²) in [6.45, 7) is 4.74. The van der Waals surface area contributed by atoms with Crippen LogP contribution in [0.2, 0.25) is 0 Å². The Balaban J connectivity index is 1.75. The van der Waals surface area contributed by atoms with Gasteiger partial charge in [0.05, 0.1) is 5.75 Å². The maximum absolute atomic E-state index is 12.4. The molecule has 4 nitrogen and oxygen atoms in total. The van der Waals surface area contributed by atoms with Gasteiger partial charge >= 0.3 is 0 Å². The molecule has 1 N–H and O–H groups in total. The first-order chi connectivity index (χ1) is 9.62. The van der Waals surface area contributed by atoms with Crippen LogP contribution in [-0.2, 0) is 10.0 Å². The summed E-state index contributed by atoms with van der Waals surface area (Å²) in [7, 11) is -3.03. The fourth-order valence-corrected chi connectivity index (χ4v) is 5.08. The lowest BCUT2D eigenvalue weighted by Gasteiger charge is -2.32. The van der Waals surface area contributed by atoms with Crippen molar-refractivity contribution in [1.29, 1.82) is 0 Å². The van der Waals surface area contributed by atoms with E-state index in [0.29, 0.717) is 11.8 Å². The zero-order valence-electron chi connectivity index (χ0n) is 12.8. The van der Waals surface area contributed by atoms with Gasteiger partial charge in [-0.2, -0.15) is 0 Å². The van der Waals surface area contributed by atoms with E-state index in [2.05, 4.69) is 12.2 Å². The Hall–Kier alpha value is -0.130. The summed E-state index contributed by atoms with van der Waals surface area (Å²) >= 11 is 0. The van der Waals surface area contributed by atoms with Gasteiger partial charge in [0.25, 0.3) is 0 Å². The Morgan fingerprint density at radius 2 is 1.85 bits per heavy atom. The highest BCUT2D eigenvalue weighted by molar-refractivity contribution is 7.89. The molecule has 1 atom stereocenters. The lowest BCUT2D eigenvalue weighted by Crippen LogP contribution is -2.42. The van der Waals surface area contributed by atoms with Gasteiger partial charge in [0.1, 0.15) is 0 Å². The normalized spacial score (nSPS) is 26.8. The van der Waals surface area contributed by atoms with Crippen LogP contribution in [0.1, 0.15) is 58.3 Å². The van der Waals surface area contributed by atoms with E-state index in [1.54, 1.807) is 4.31 Å². The van der Waals surface area contributed by atoms with Crippen molar-refractivity contribution in [2.24, 2.45) is 5.92 Å². The molecule has 5 heteroatoms. The number of rotatable bonds is 6. The van der Waals surface area contributed by atoms with Gasteiger partial charge in [-0.1, -0.05) is 26.2 Å². The summed E-state index contributed by atoms with van der Waals surface area (Å²) < 4.78 is 26.5. The molecule has 0 bridgehead atoms. The van der Waals surface area contributed by atoms with Gasteiger partial charge in [-0.3, -0.25) is 0 Å². The minimum Gasteiger partial charge on any atom is -0.314 e. The molecule has 2 rings (SSSR count). The second-order valence-corrected chi connectivity index (χ2v) is 8.47. The highest BCUT2D eigenvalue weighted by Crippen LogP contribution is 2.24. The van der Waals surface area contributed by atoms with Gasteiger partial charge in [0.15, 0.2) is 0 Å². The van der Waals surface area contributed by atoms with Gasteiger partial charge < -0.3 is 5.32 Å². The van der Waals surface area contributed by atoms with E-state index >= 15 is 0 Å². The van der Waals surface area contributed by atoms with Gasteiger partial charge in [-0.15, -0.1) is 0 Å². The Bertz CT molecular complexity index is 369. The fraction of sp³-hybridized carbons (Fsp3) is 1.00. The van der Waals surface area contributed by atoms with Crippen molar-refractivity contribution in [3.63, 3.8) is 0 Å². The van der Waals surface area contributed by atoms with Gasteiger partial charge in [-0.25, -0.2) is 12.7 Å². The van der Waals surface area contributed by atoms with Gasteiger partial charge in [0, 0.05) is 19.1 Å². The number of hydrogen-bond donors (Lipinski definition) is 1. The zero-order chi connectivity index (χ0) is 14.4. The number of hydrogen-bond acceptors (Lipinski definition) is 3. The molecule has 0 aromatic carbocycles. The monoisotopic (exact) mass is 302 g/mol. The molecule has 2 heterocycles. The number of piperidine rings is 2. The van der Waals surface area contributed by atoms with Crippen LogP contribution in [-0.4, -0.2) is 44.2 Å². The molecule has 0 spiro atoms. The first-order valence-electron chi connectivity index (χ1n) is 8.33. The summed E-state index contributed by atoms with van der Waals surface area (Å²) in [5.74, 6) is 1.06. The molecule has 2 aliphatic heterocycles. The summed E-state index contributed by atoms with van der Waals surface area (Å²) in [6.07, 6.45) is 8.94. The van der Waals surface area contributed by atoms with Crippen LogP contribution in [0.4, 0.5) is 0 Å². The van der Waals surface area contributed by atoms with Crippen LogP contribution in [0.15, 0.2) is 0 Å². The first kappa shape index (κ1) is 16.2. The van der Waals surface area contributed by atoms with Crippen LogP contribution in [0, 0.1) is 5.92 Å². The van der Waals surface area contributed by atoms with E-state index in [-0.39, 0.29) is 0 Å². The molecule has 118 valence electrons. The van der Waals surface area contributed by atoms with Crippen molar-refractivity contribution in [2.45, 2.75) is 64.3 Å². The van der Waals surface area contributed by atoms with Crippen LogP contribution < -0.4 is 5.32 Å². The highest BCUT2D eigenvalue weighted by atomic mass is 32.2. The quantitative estimate of drug-likeness (QED) is 0.819. The van der Waals surface area contributed by atoms with Crippen molar-refractivity contribution in [1.82, 2.24) is 9.62 Å². The minimum absolute atomic E-state index is 0.323. The van der Waals surface area contributed by atoms with E-state index in [1.807, 2.05) is 0 Å². The number of nitrogens with zero attached hydrogens (tertiary/aromatic N) is 1. The van der Waals surface area contributed by atoms with Gasteiger partial charge in [-0.05, 0) is 44.6 Å². The number of nitrogens with one attached hydrogen (secondary N) is 1. The predicted octanol–water partition coefficient (Wildman–Crippen LogP) is 2.36. The van der Waals surface area contributed by atoms with Crippen molar-refractivity contribution in [2.75, 3.05) is 25.4 Å². The molecular weight excluding hydrogens is 272 g/mol. The lowest BCUT2D eigenvalue weighted by molar-refractivity contribution is 0.261. The molecule has 0 radical (unpaired) electrons. The third-order valence-corrected chi connectivity index (χ3v) is 6.70. The van der Waals surface area contributed by atoms with Crippen molar-refractivity contribution < 1.29 is 8.42 Å². The summed E-state index contributed by atoms with van der Waals surface area (Å²) in [5, 5.41) is 3.44. The fourth-order valence-electron chi connectivity index (χ4n) is 3.48. The molecule has 1 unspecified atom stereocenters. The van der Waals surface area contributed by atoms with E-state index in [0.717, 1.165) is 51.2 Å². The molecule has 2 fully saturated rings. The standard InChI is InChI=1S/C15H30N2O2S/c1-2-5-14-7-11-17(12-8-14)20(18,19)13-9-15-6-3-4-10-16-15/h14-16H,2-13H2,1H3. The second-order valence-electron chi connectivity index (χ2n) is 6.38. The van der Waals surface area contributed by atoms with E-state index < -0.39 is 10.0 Å². The molecule has 2 saturated heterocycles. The van der Waals surface area contributed by atoms with Crippen LogP contribution in [0.3, 0.4) is 0 Å². The molecule has 0 aliphatic carbocycles. The summed E-state index contributed by atoms with van der Waals surface area (Å²) in [4.78, 5) is 0. The maximum atomic E-state index is 12.4. The van der Waals surface area contributed by atoms with Crippen molar-refractivity contribution in [3.05, 3.63) is 0 Å². The summed E-state index contributed by atoms with van der Waals surface area (Å²) in [6, 6.07) is 0.413. The Morgan fingerprint density at radius 3 is 2.45 bits per heavy atom. The SMILES string of the molecule is CCCC1CCN(S(=O)(=O)CCC2CCCCN2)CC1. The molecule has 0 saturated carbocycles. The van der Waals surface area contributed by atoms with Crippen LogP contribution in [0.5, 0.6) is 0 Å². The topological polar surface area (TPSA) is 49.4 Å². The smallest absolute Gasteiger partial charge is 0.214 e. The molecular formula is C15H30N2O2S. The molecule has 0 aromatic heterocycles. The molecule has 0 amide bonds. The maximum Gasteiger partial charge on any atom is 0.214 e. The van der Waals surface area contributed by atoms with Crippen molar-refractivity contribution >= 4 is 10.0 Å². The first-order valence-corrected chi connectivity index (χ1v) is 9.94. The third-order valence-electron chi connectivity index (χ3n) is 4.80. The second kappa shape index (κ2) is 7.76. The van der Waals surface area contributed by atoms with E-state index in [9.17, 15) is 8.42 Å². The zero-order valence-corrected chi connectivity index (χ0v) is 13.6. The lowest BCUT2D eigenvalue weighted by atomic mass is 9.94. The highest BCUT2D eigenvalue weighted by Gasteiger charge is 2.28. The van der Waals surface area contributed by atoms with E-state index in [1.165, 1.54) is 25.7 Å². The Morgan fingerprint density at radius 1 is 1.10 bits per heavy atom.